The quantitative estimate of drug-likeness (QED) is 0.837. The molecule has 0 saturated carbocycles. The SMILES string of the molecule is CC(C)CCNC(=O)NCCN1CCc2ccccc21. The van der Waals surface area contributed by atoms with Crippen molar-refractivity contribution in [2.75, 3.05) is 31.1 Å². The number of urea groups is 1. The van der Waals surface area contributed by atoms with Crippen LogP contribution >= 0.6 is 0 Å². The predicted octanol–water partition coefficient (Wildman–Crippen LogP) is 2.39. The largest absolute Gasteiger partial charge is 0.369 e. The average Bonchev–Trinajstić information content (AvgIpc) is 2.82. The molecule has 2 N–H and O–H groups in total. The van der Waals surface area contributed by atoms with Crippen LogP contribution in [0, 0.1) is 5.92 Å². The van der Waals surface area contributed by atoms with Crippen molar-refractivity contribution in [3.05, 3.63) is 29.8 Å². The molecule has 2 amide bonds. The minimum absolute atomic E-state index is 0.0573. The Labute approximate surface area is 121 Å². The second-order valence-corrected chi connectivity index (χ2v) is 5.73. The number of fused-ring (bicyclic) bond motifs is 1. The van der Waals surface area contributed by atoms with Crippen molar-refractivity contribution in [1.29, 1.82) is 0 Å². The monoisotopic (exact) mass is 275 g/mol. The number of benzene rings is 1. The molecule has 0 radical (unpaired) electrons. The molecule has 1 aliphatic heterocycles. The molecule has 1 aromatic carbocycles. The van der Waals surface area contributed by atoms with Gasteiger partial charge in [0.25, 0.3) is 0 Å². The minimum Gasteiger partial charge on any atom is -0.369 e. The van der Waals surface area contributed by atoms with Gasteiger partial charge in [0, 0.05) is 31.9 Å². The standard InChI is InChI=1S/C16H25N3O/c1-13(2)7-9-17-16(20)18-10-12-19-11-8-14-5-3-4-6-15(14)19/h3-6,13H,7-12H2,1-2H3,(H2,17,18,20). The highest BCUT2D eigenvalue weighted by Gasteiger charge is 2.17. The highest BCUT2D eigenvalue weighted by molar-refractivity contribution is 5.73. The number of para-hydroxylation sites is 1. The molecule has 0 bridgehead atoms. The first-order chi connectivity index (χ1) is 9.66. The average molecular weight is 275 g/mol. The van der Waals surface area contributed by atoms with Gasteiger partial charge in [0.1, 0.15) is 0 Å². The summed E-state index contributed by atoms with van der Waals surface area (Å²) >= 11 is 0. The van der Waals surface area contributed by atoms with Crippen molar-refractivity contribution in [2.45, 2.75) is 26.7 Å². The Kier molecular flexibility index (Phi) is 5.27. The summed E-state index contributed by atoms with van der Waals surface area (Å²) in [5.41, 5.74) is 2.73. The van der Waals surface area contributed by atoms with E-state index in [0.29, 0.717) is 12.5 Å². The second-order valence-electron chi connectivity index (χ2n) is 5.73. The van der Waals surface area contributed by atoms with Crippen molar-refractivity contribution in [2.24, 2.45) is 5.92 Å². The van der Waals surface area contributed by atoms with Crippen molar-refractivity contribution in [3.8, 4) is 0 Å². The van der Waals surface area contributed by atoms with Crippen LogP contribution in [0.1, 0.15) is 25.8 Å². The number of hydrogen-bond donors (Lipinski definition) is 2. The van der Waals surface area contributed by atoms with Crippen LogP contribution in [0.2, 0.25) is 0 Å². The zero-order chi connectivity index (χ0) is 14.4. The van der Waals surface area contributed by atoms with E-state index in [9.17, 15) is 4.79 Å². The molecule has 1 aliphatic rings. The Bertz CT molecular complexity index is 445. The summed E-state index contributed by atoms with van der Waals surface area (Å²) in [4.78, 5) is 13.9. The number of carbonyl (C=O) groups excluding carboxylic acids is 1. The maximum Gasteiger partial charge on any atom is 0.314 e. The first-order valence-corrected chi connectivity index (χ1v) is 7.51. The number of nitrogens with one attached hydrogen (secondary N) is 2. The number of carbonyl (C=O) groups is 1. The summed E-state index contributed by atoms with van der Waals surface area (Å²) < 4.78 is 0. The van der Waals surface area contributed by atoms with Gasteiger partial charge in [0.05, 0.1) is 0 Å². The zero-order valence-electron chi connectivity index (χ0n) is 12.5. The van der Waals surface area contributed by atoms with E-state index < -0.39 is 0 Å². The van der Waals surface area contributed by atoms with Crippen molar-refractivity contribution < 1.29 is 4.79 Å². The van der Waals surface area contributed by atoms with E-state index in [4.69, 9.17) is 0 Å². The Morgan fingerprint density at radius 1 is 1.25 bits per heavy atom. The lowest BCUT2D eigenvalue weighted by molar-refractivity contribution is 0.240. The summed E-state index contributed by atoms with van der Waals surface area (Å²) in [6.07, 6.45) is 2.13. The van der Waals surface area contributed by atoms with Crippen LogP contribution in [-0.2, 0) is 6.42 Å². The lowest BCUT2D eigenvalue weighted by atomic mass is 10.1. The summed E-state index contributed by atoms with van der Waals surface area (Å²) in [7, 11) is 0. The van der Waals surface area contributed by atoms with Crippen LogP contribution < -0.4 is 15.5 Å². The summed E-state index contributed by atoms with van der Waals surface area (Å²) in [6, 6.07) is 8.44. The van der Waals surface area contributed by atoms with Gasteiger partial charge in [-0.15, -0.1) is 0 Å². The molecule has 1 heterocycles. The summed E-state index contributed by atoms with van der Waals surface area (Å²) in [5.74, 6) is 0.622. The van der Waals surface area contributed by atoms with E-state index in [2.05, 4.69) is 53.6 Å². The first-order valence-electron chi connectivity index (χ1n) is 7.51. The van der Waals surface area contributed by atoms with Crippen LogP contribution in [-0.4, -0.2) is 32.2 Å². The molecule has 0 fully saturated rings. The highest BCUT2D eigenvalue weighted by atomic mass is 16.2. The van der Waals surface area contributed by atoms with Gasteiger partial charge >= 0.3 is 6.03 Å². The van der Waals surface area contributed by atoms with E-state index in [1.165, 1.54) is 11.3 Å². The maximum atomic E-state index is 11.6. The Balaban J connectivity index is 1.66. The van der Waals surface area contributed by atoms with Gasteiger partial charge in [-0.2, -0.15) is 0 Å². The molecular weight excluding hydrogens is 250 g/mol. The van der Waals surface area contributed by atoms with Gasteiger partial charge in [-0.1, -0.05) is 32.0 Å². The van der Waals surface area contributed by atoms with Crippen molar-refractivity contribution in [3.63, 3.8) is 0 Å². The lowest BCUT2D eigenvalue weighted by Crippen LogP contribution is -2.40. The summed E-state index contributed by atoms with van der Waals surface area (Å²) in [6.45, 7) is 7.66. The predicted molar refractivity (Wildman–Crippen MR) is 83.2 cm³/mol. The fraction of sp³-hybridized carbons (Fsp3) is 0.562. The van der Waals surface area contributed by atoms with E-state index in [-0.39, 0.29) is 6.03 Å². The van der Waals surface area contributed by atoms with Gasteiger partial charge in [-0.25, -0.2) is 4.79 Å². The van der Waals surface area contributed by atoms with Crippen LogP contribution in [0.25, 0.3) is 0 Å². The molecule has 0 aromatic heterocycles. The Hall–Kier alpha value is -1.71. The van der Waals surface area contributed by atoms with Gasteiger partial charge in [-0.3, -0.25) is 0 Å². The smallest absolute Gasteiger partial charge is 0.314 e. The fourth-order valence-corrected chi connectivity index (χ4v) is 2.48. The van der Waals surface area contributed by atoms with Crippen LogP contribution in [0.3, 0.4) is 0 Å². The topological polar surface area (TPSA) is 44.4 Å². The number of amides is 2. The third-order valence-corrected chi connectivity index (χ3v) is 3.66. The number of anilines is 1. The molecule has 4 heteroatoms. The van der Waals surface area contributed by atoms with Gasteiger partial charge in [-0.05, 0) is 30.4 Å². The maximum absolute atomic E-state index is 11.6. The molecule has 0 saturated heterocycles. The molecule has 0 atom stereocenters. The number of rotatable bonds is 6. The second kappa shape index (κ2) is 7.17. The molecule has 0 aliphatic carbocycles. The van der Waals surface area contributed by atoms with Crippen LogP contribution in [0.5, 0.6) is 0 Å². The fourth-order valence-electron chi connectivity index (χ4n) is 2.48. The van der Waals surface area contributed by atoms with Gasteiger partial charge < -0.3 is 15.5 Å². The first kappa shape index (κ1) is 14.7. The van der Waals surface area contributed by atoms with E-state index in [1.807, 2.05) is 0 Å². The number of nitrogens with zero attached hydrogens (tertiary/aromatic N) is 1. The molecule has 2 rings (SSSR count). The van der Waals surface area contributed by atoms with E-state index in [0.717, 1.165) is 32.5 Å². The Morgan fingerprint density at radius 3 is 2.80 bits per heavy atom. The molecule has 4 nitrogen and oxygen atoms in total. The molecule has 20 heavy (non-hydrogen) atoms. The van der Waals surface area contributed by atoms with Crippen molar-refractivity contribution in [1.82, 2.24) is 10.6 Å². The third kappa shape index (κ3) is 4.15. The van der Waals surface area contributed by atoms with E-state index >= 15 is 0 Å². The molecule has 0 spiro atoms. The van der Waals surface area contributed by atoms with Gasteiger partial charge in [0.2, 0.25) is 0 Å². The third-order valence-electron chi connectivity index (χ3n) is 3.66. The van der Waals surface area contributed by atoms with Gasteiger partial charge in [0.15, 0.2) is 0 Å². The minimum atomic E-state index is -0.0573. The Morgan fingerprint density at radius 2 is 2.00 bits per heavy atom. The van der Waals surface area contributed by atoms with Crippen LogP contribution in [0.15, 0.2) is 24.3 Å². The molecular formula is C16H25N3O. The van der Waals surface area contributed by atoms with Crippen LogP contribution in [0.4, 0.5) is 10.5 Å². The number of hydrogen-bond acceptors (Lipinski definition) is 2. The van der Waals surface area contributed by atoms with Crippen molar-refractivity contribution >= 4 is 11.7 Å². The molecule has 0 unspecified atom stereocenters. The molecule has 1 aromatic rings. The molecule has 110 valence electrons. The zero-order valence-corrected chi connectivity index (χ0v) is 12.5. The highest BCUT2D eigenvalue weighted by Crippen LogP contribution is 2.26. The summed E-state index contributed by atoms with van der Waals surface area (Å²) in [5, 5.41) is 5.81. The normalized spacial score (nSPS) is 13.4. The lowest BCUT2D eigenvalue weighted by Gasteiger charge is -2.19. The van der Waals surface area contributed by atoms with E-state index in [1.54, 1.807) is 0 Å².